The lowest BCUT2D eigenvalue weighted by molar-refractivity contribution is 0.0586. The third-order valence-electron chi connectivity index (χ3n) is 2.70. The molecule has 4 atom stereocenters. The number of hydrogen-bond acceptors (Lipinski definition) is 2. The number of alkyl halides is 1. The quantitative estimate of drug-likeness (QED) is 0.581. The molecule has 0 saturated heterocycles. The van der Waals surface area contributed by atoms with Crippen molar-refractivity contribution in [3.05, 3.63) is 0 Å². The fourth-order valence-corrected chi connectivity index (χ4v) is 2.13. The summed E-state index contributed by atoms with van der Waals surface area (Å²) in [5.41, 5.74) is 0. The minimum Gasteiger partial charge on any atom is -0.392 e. The van der Waals surface area contributed by atoms with E-state index in [4.69, 9.17) is 0 Å². The molecule has 0 aromatic carbocycles. The molecule has 0 heterocycles. The zero-order valence-corrected chi connectivity index (χ0v) is 11.2. The maximum atomic E-state index is 10.0. The van der Waals surface area contributed by atoms with Crippen LogP contribution in [0.1, 0.15) is 27.2 Å². The van der Waals surface area contributed by atoms with Gasteiger partial charge in [-0.05, 0) is 13.0 Å². The van der Waals surface area contributed by atoms with E-state index in [1.165, 1.54) is 0 Å². The highest BCUT2D eigenvalue weighted by atomic mass is 127. The molecular formula is C10H22INO. The number of rotatable bonds is 6. The van der Waals surface area contributed by atoms with Gasteiger partial charge in [0, 0.05) is 16.4 Å². The molecule has 0 fully saturated rings. The molecular weight excluding hydrogens is 277 g/mol. The van der Waals surface area contributed by atoms with Crippen molar-refractivity contribution in [2.75, 3.05) is 13.6 Å². The predicted octanol–water partition coefficient (Wildman–Crippen LogP) is 2.05. The van der Waals surface area contributed by atoms with E-state index in [1.807, 2.05) is 7.05 Å². The first-order valence-corrected chi connectivity index (χ1v) is 6.25. The van der Waals surface area contributed by atoms with Gasteiger partial charge in [0.25, 0.3) is 0 Å². The topological polar surface area (TPSA) is 32.3 Å². The standard InChI is InChI=1S/C10H22INO/c1-5-7(2)10(13)9(6-12-4)8(3)11/h7-10,12-13H,5-6H2,1-4H3. The Morgan fingerprint density at radius 3 is 2.23 bits per heavy atom. The first kappa shape index (κ1) is 13.7. The van der Waals surface area contributed by atoms with Crippen LogP contribution in [0.4, 0.5) is 0 Å². The minimum atomic E-state index is -0.177. The van der Waals surface area contributed by atoms with Crippen LogP contribution in [0.5, 0.6) is 0 Å². The van der Waals surface area contributed by atoms with E-state index in [0.29, 0.717) is 15.8 Å². The Morgan fingerprint density at radius 1 is 1.38 bits per heavy atom. The summed E-state index contributed by atoms with van der Waals surface area (Å²) in [4.78, 5) is 0. The second-order valence-corrected chi connectivity index (χ2v) is 5.74. The highest BCUT2D eigenvalue weighted by Gasteiger charge is 2.26. The van der Waals surface area contributed by atoms with Crippen molar-refractivity contribution in [2.24, 2.45) is 11.8 Å². The number of nitrogens with one attached hydrogen (secondary N) is 1. The molecule has 0 bridgehead atoms. The van der Waals surface area contributed by atoms with Crippen LogP contribution in [0.2, 0.25) is 0 Å². The largest absolute Gasteiger partial charge is 0.392 e. The molecule has 0 aliphatic carbocycles. The predicted molar refractivity (Wildman–Crippen MR) is 66.4 cm³/mol. The summed E-state index contributed by atoms with van der Waals surface area (Å²) in [5.74, 6) is 0.760. The van der Waals surface area contributed by atoms with Crippen LogP contribution in [0.3, 0.4) is 0 Å². The van der Waals surface area contributed by atoms with Gasteiger partial charge in [-0.1, -0.05) is 49.8 Å². The number of aliphatic hydroxyl groups excluding tert-OH is 1. The third kappa shape index (κ3) is 4.61. The highest BCUT2D eigenvalue weighted by molar-refractivity contribution is 14.1. The van der Waals surface area contributed by atoms with Gasteiger partial charge >= 0.3 is 0 Å². The summed E-state index contributed by atoms with van der Waals surface area (Å²) in [6.07, 6.45) is 0.870. The van der Waals surface area contributed by atoms with Crippen molar-refractivity contribution in [1.82, 2.24) is 5.32 Å². The molecule has 0 spiro atoms. The van der Waals surface area contributed by atoms with Gasteiger partial charge in [-0.25, -0.2) is 0 Å². The Bertz CT molecular complexity index is 130. The van der Waals surface area contributed by atoms with Crippen molar-refractivity contribution in [1.29, 1.82) is 0 Å². The molecule has 0 saturated carbocycles. The summed E-state index contributed by atoms with van der Waals surface area (Å²) < 4.78 is 0.508. The lowest BCUT2D eigenvalue weighted by Crippen LogP contribution is -2.38. The molecule has 0 amide bonds. The van der Waals surface area contributed by atoms with Crippen LogP contribution in [0, 0.1) is 11.8 Å². The van der Waals surface area contributed by atoms with E-state index in [9.17, 15) is 5.11 Å². The monoisotopic (exact) mass is 299 g/mol. The van der Waals surface area contributed by atoms with Crippen LogP contribution < -0.4 is 5.32 Å². The molecule has 0 radical (unpaired) electrons. The van der Waals surface area contributed by atoms with E-state index < -0.39 is 0 Å². The summed E-state index contributed by atoms with van der Waals surface area (Å²) in [5, 5.41) is 13.2. The maximum absolute atomic E-state index is 10.0. The van der Waals surface area contributed by atoms with Gasteiger partial charge in [0.2, 0.25) is 0 Å². The zero-order valence-electron chi connectivity index (χ0n) is 9.05. The molecule has 80 valence electrons. The Morgan fingerprint density at radius 2 is 1.92 bits per heavy atom. The van der Waals surface area contributed by atoms with Crippen molar-refractivity contribution >= 4 is 22.6 Å². The number of aliphatic hydroxyl groups is 1. The van der Waals surface area contributed by atoms with Gasteiger partial charge in [0.15, 0.2) is 0 Å². The van der Waals surface area contributed by atoms with Crippen LogP contribution in [0.15, 0.2) is 0 Å². The molecule has 2 nitrogen and oxygen atoms in total. The molecule has 0 aromatic rings. The Balaban J connectivity index is 4.18. The molecule has 4 unspecified atom stereocenters. The normalized spacial score (nSPS) is 20.8. The van der Waals surface area contributed by atoms with Gasteiger partial charge in [-0.15, -0.1) is 0 Å². The average molecular weight is 299 g/mol. The fraction of sp³-hybridized carbons (Fsp3) is 1.00. The molecule has 0 aliphatic heterocycles. The van der Waals surface area contributed by atoms with E-state index in [1.54, 1.807) is 0 Å². The number of halogens is 1. The Hall–Kier alpha value is 0.650. The van der Waals surface area contributed by atoms with Crippen molar-refractivity contribution in [3.8, 4) is 0 Å². The number of hydrogen-bond donors (Lipinski definition) is 2. The second kappa shape index (κ2) is 7.01. The van der Waals surface area contributed by atoms with Gasteiger partial charge in [-0.2, -0.15) is 0 Å². The lowest BCUT2D eigenvalue weighted by Gasteiger charge is -2.29. The summed E-state index contributed by atoms with van der Waals surface area (Å²) in [6, 6.07) is 0. The van der Waals surface area contributed by atoms with Crippen molar-refractivity contribution < 1.29 is 5.11 Å². The van der Waals surface area contributed by atoms with Crippen LogP contribution in [-0.4, -0.2) is 28.7 Å². The van der Waals surface area contributed by atoms with E-state index >= 15 is 0 Å². The van der Waals surface area contributed by atoms with Gasteiger partial charge in [0.1, 0.15) is 0 Å². The van der Waals surface area contributed by atoms with Gasteiger partial charge in [0.05, 0.1) is 6.10 Å². The molecule has 0 rings (SSSR count). The van der Waals surface area contributed by atoms with E-state index in [0.717, 1.165) is 13.0 Å². The first-order valence-electron chi connectivity index (χ1n) is 5.01. The Kier molecular flexibility index (Phi) is 7.36. The van der Waals surface area contributed by atoms with E-state index in [-0.39, 0.29) is 6.10 Å². The lowest BCUT2D eigenvalue weighted by atomic mass is 9.88. The highest BCUT2D eigenvalue weighted by Crippen LogP contribution is 2.23. The smallest absolute Gasteiger partial charge is 0.0615 e. The average Bonchev–Trinajstić information content (AvgIpc) is 2.11. The zero-order chi connectivity index (χ0) is 10.4. The van der Waals surface area contributed by atoms with Crippen molar-refractivity contribution in [3.63, 3.8) is 0 Å². The van der Waals surface area contributed by atoms with Crippen LogP contribution >= 0.6 is 22.6 Å². The minimum absolute atomic E-state index is 0.177. The fourth-order valence-electron chi connectivity index (χ4n) is 1.45. The molecule has 3 heteroatoms. The van der Waals surface area contributed by atoms with Crippen LogP contribution in [0.25, 0.3) is 0 Å². The first-order chi connectivity index (χ1) is 6.04. The van der Waals surface area contributed by atoms with Gasteiger partial charge < -0.3 is 10.4 Å². The molecule has 2 N–H and O–H groups in total. The molecule has 13 heavy (non-hydrogen) atoms. The maximum Gasteiger partial charge on any atom is 0.0615 e. The summed E-state index contributed by atoms with van der Waals surface area (Å²) in [7, 11) is 1.94. The molecule has 0 aromatic heterocycles. The third-order valence-corrected chi connectivity index (χ3v) is 3.62. The SMILES string of the molecule is CCC(C)C(O)C(CNC)C(C)I. The van der Waals surface area contributed by atoms with E-state index in [2.05, 4.69) is 48.7 Å². The van der Waals surface area contributed by atoms with Crippen LogP contribution in [-0.2, 0) is 0 Å². The van der Waals surface area contributed by atoms with Crippen molar-refractivity contribution in [2.45, 2.75) is 37.2 Å². The molecule has 0 aliphatic rings. The summed E-state index contributed by atoms with van der Waals surface area (Å²) in [6.45, 7) is 7.30. The Labute approximate surface area is 95.6 Å². The van der Waals surface area contributed by atoms with Gasteiger partial charge in [-0.3, -0.25) is 0 Å². The second-order valence-electron chi connectivity index (χ2n) is 3.78. The summed E-state index contributed by atoms with van der Waals surface area (Å²) >= 11 is 2.39.